The van der Waals surface area contributed by atoms with E-state index >= 15 is 0 Å². The van der Waals surface area contributed by atoms with Crippen molar-refractivity contribution in [1.29, 1.82) is 0 Å². The van der Waals surface area contributed by atoms with Gasteiger partial charge >= 0.3 is 0 Å². The molecule has 1 rings (SSSR count). The van der Waals surface area contributed by atoms with Crippen molar-refractivity contribution >= 4 is 0 Å². The number of hydrogen-bond donors (Lipinski definition) is 2. The van der Waals surface area contributed by atoms with E-state index in [2.05, 4.69) is 38.0 Å². The number of nitrogens with zero attached hydrogens (tertiary/aromatic N) is 1. The van der Waals surface area contributed by atoms with Crippen molar-refractivity contribution in [3.8, 4) is 0 Å². The molecular formula is C15H32N2O. The van der Waals surface area contributed by atoms with Crippen LogP contribution in [-0.2, 0) is 0 Å². The first-order chi connectivity index (χ1) is 8.47. The molecule has 0 amide bonds. The average molecular weight is 256 g/mol. The lowest BCUT2D eigenvalue weighted by Gasteiger charge is -2.40. The third kappa shape index (κ3) is 5.25. The van der Waals surface area contributed by atoms with Crippen LogP contribution in [0.25, 0.3) is 0 Å². The van der Waals surface area contributed by atoms with Crippen molar-refractivity contribution in [3.05, 3.63) is 0 Å². The fourth-order valence-corrected chi connectivity index (χ4v) is 2.76. The Morgan fingerprint density at radius 1 is 1.33 bits per heavy atom. The Hall–Kier alpha value is -0.120. The van der Waals surface area contributed by atoms with Crippen LogP contribution in [0.3, 0.4) is 0 Å². The maximum absolute atomic E-state index is 10.4. The van der Waals surface area contributed by atoms with Crippen molar-refractivity contribution in [2.75, 3.05) is 26.7 Å². The molecule has 3 nitrogen and oxygen atoms in total. The van der Waals surface area contributed by atoms with Crippen LogP contribution < -0.4 is 5.32 Å². The fraction of sp³-hybridized carbons (Fsp3) is 1.00. The van der Waals surface area contributed by atoms with Crippen molar-refractivity contribution in [1.82, 2.24) is 10.2 Å². The molecular weight excluding hydrogens is 224 g/mol. The van der Waals surface area contributed by atoms with Gasteiger partial charge in [-0.1, -0.05) is 20.8 Å². The maximum atomic E-state index is 10.4. The molecule has 0 aromatic heterocycles. The number of likely N-dealkylation sites (N-methyl/N-ethyl adjacent to an activating group) is 1. The van der Waals surface area contributed by atoms with Crippen LogP contribution in [0.4, 0.5) is 0 Å². The van der Waals surface area contributed by atoms with Gasteiger partial charge in [-0.05, 0) is 58.2 Å². The largest absolute Gasteiger partial charge is 0.389 e. The Labute approximate surface area is 113 Å². The van der Waals surface area contributed by atoms with Crippen LogP contribution in [-0.4, -0.2) is 48.3 Å². The van der Waals surface area contributed by atoms with Gasteiger partial charge in [-0.15, -0.1) is 0 Å². The molecule has 0 unspecified atom stereocenters. The van der Waals surface area contributed by atoms with Gasteiger partial charge in [0.25, 0.3) is 0 Å². The second-order valence-corrected chi connectivity index (χ2v) is 6.40. The smallest absolute Gasteiger partial charge is 0.0772 e. The maximum Gasteiger partial charge on any atom is 0.0772 e. The van der Waals surface area contributed by atoms with Crippen molar-refractivity contribution in [3.63, 3.8) is 0 Å². The highest BCUT2D eigenvalue weighted by Gasteiger charge is 2.33. The highest BCUT2D eigenvalue weighted by atomic mass is 16.3. The Balaban J connectivity index is 2.29. The molecule has 3 heteroatoms. The minimum Gasteiger partial charge on any atom is -0.389 e. The molecule has 0 aromatic rings. The topological polar surface area (TPSA) is 35.5 Å². The highest BCUT2D eigenvalue weighted by molar-refractivity contribution is 4.90. The van der Waals surface area contributed by atoms with Gasteiger partial charge in [0.1, 0.15) is 0 Å². The summed E-state index contributed by atoms with van der Waals surface area (Å²) in [5.74, 6) is 0.779. The molecule has 0 aromatic carbocycles. The molecule has 18 heavy (non-hydrogen) atoms. The molecule has 108 valence electrons. The fourth-order valence-electron chi connectivity index (χ4n) is 2.76. The highest BCUT2D eigenvalue weighted by Crippen LogP contribution is 2.30. The predicted octanol–water partition coefficient (Wildman–Crippen LogP) is 2.25. The Kier molecular flexibility index (Phi) is 6.61. The van der Waals surface area contributed by atoms with E-state index in [0.717, 1.165) is 44.7 Å². The van der Waals surface area contributed by atoms with E-state index in [1.807, 2.05) is 0 Å². The predicted molar refractivity (Wildman–Crippen MR) is 77.8 cm³/mol. The molecule has 1 saturated carbocycles. The summed E-state index contributed by atoms with van der Waals surface area (Å²) in [5, 5.41) is 13.7. The second kappa shape index (κ2) is 7.46. The zero-order chi connectivity index (χ0) is 13.6. The van der Waals surface area contributed by atoms with Gasteiger partial charge in [-0.25, -0.2) is 0 Å². The molecule has 0 saturated heterocycles. The molecule has 0 aliphatic heterocycles. The first-order valence-corrected chi connectivity index (χ1v) is 7.60. The monoisotopic (exact) mass is 256 g/mol. The molecule has 0 radical (unpaired) electrons. The van der Waals surface area contributed by atoms with Crippen LogP contribution >= 0.6 is 0 Å². The molecule has 1 aliphatic rings. The SMILES string of the molecule is CCNCC1(O)CCC(N(C)CCC(C)C)CC1. The zero-order valence-corrected chi connectivity index (χ0v) is 12.7. The molecule has 0 heterocycles. The van der Waals surface area contributed by atoms with E-state index in [0.29, 0.717) is 6.04 Å². The van der Waals surface area contributed by atoms with E-state index in [1.165, 1.54) is 13.0 Å². The molecule has 0 bridgehead atoms. The van der Waals surface area contributed by atoms with E-state index in [9.17, 15) is 5.11 Å². The molecule has 0 spiro atoms. The van der Waals surface area contributed by atoms with Gasteiger partial charge in [-0.3, -0.25) is 0 Å². The Morgan fingerprint density at radius 3 is 2.44 bits per heavy atom. The lowest BCUT2D eigenvalue weighted by molar-refractivity contribution is -0.0159. The van der Waals surface area contributed by atoms with E-state index < -0.39 is 5.60 Å². The van der Waals surface area contributed by atoms with Crippen LogP contribution in [0, 0.1) is 5.92 Å². The Morgan fingerprint density at radius 2 is 1.94 bits per heavy atom. The van der Waals surface area contributed by atoms with Crippen LogP contribution in [0.2, 0.25) is 0 Å². The van der Waals surface area contributed by atoms with Crippen LogP contribution in [0.1, 0.15) is 52.9 Å². The minimum absolute atomic E-state index is 0.453. The van der Waals surface area contributed by atoms with Gasteiger partial charge in [0.2, 0.25) is 0 Å². The van der Waals surface area contributed by atoms with Gasteiger partial charge in [0.05, 0.1) is 5.60 Å². The summed E-state index contributed by atoms with van der Waals surface area (Å²) in [6.07, 6.45) is 5.43. The molecule has 1 fully saturated rings. The summed E-state index contributed by atoms with van der Waals surface area (Å²) in [6, 6.07) is 0.672. The van der Waals surface area contributed by atoms with Crippen molar-refractivity contribution in [2.24, 2.45) is 5.92 Å². The lowest BCUT2D eigenvalue weighted by atomic mass is 9.81. The van der Waals surface area contributed by atoms with Crippen molar-refractivity contribution in [2.45, 2.75) is 64.5 Å². The van der Waals surface area contributed by atoms with Gasteiger partial charge < -0.3 is 15.3 Å². The third-order valence-electron chi connectivity index (χ3n) is 4.27. The number of hydrogen-bond acceptors (Lipinski definition) is 3. The second-order valence-electron chi connectivity index (χ2n) is 6.40. The summed E-state index contributed by atoms with van der Waals surface area (Å²) >= 11 is 0. The minimum atomic E-state index is -0.453. The number of rotatable bonds is 7. The summed E-state index contributed by atoms with van der Waals surface area (Å²) in [4.78, 5) is 2.49. The van der Waals surface area contributed by atoms with Crippen LogP contribution in [0.5, 0.6) is 0 Å². The third-order valence-corrected chi connectivity index (χ3v) is 4.27. The number of nitrogens with one attached hydrogen (secondary N) is 1. The van der Waals surface area contributed by atoms with Crippen LogP contribution in [0.15, 0.2) is 0 Å². The average Bonchev–Trinajstić information content (AvgIpc) is 2.34. The van der Waals surface area contributed by atoms with Gasteiger partial charge in [0.15, 0.2) is 0 Å². The van der Waals surface area contributed by atoms with E-state index in [1.54, 1.807) is 0 Å². The summed E-state index contributed by atoms with van der Waals surface area (Å²) in [5.41, 5.74) is -0.453. The quantitative estimate of drug-likeness (QED) is 0.733. The normalized spacial score (nSPS) is 29.2. The molecule has 0 atom stereocenters. The number of aliphatic hydroxyl groups is 1. The first kappa shape index (κ1) is 15.9. The summed E-state index contributed by atoms with van der Waals surface area (Å²) < 4.78 is 0. The Bertz CT molecular complexity index is 223. The first-order valence-electron chi connectivity index (χ1n) is 7.60. The molecule has 2 N–H and O–H groups in total. The van der Waals surface area contributed by atoms with Crippen molar-refractivity contribution < 1.29 is 5.11 Å². The van der Waals surface area contributed by atoms with E-state index in [4.69, 9.17) is 0 Å². The van der Waals surface area contributed by atoms with E-state index in [-0.39, 0.29) is 0 Å². The summed E-state index contributed by atoms with van der Waals surface area (Å²) in [7, 11) is 2.24. The standard InChI is InChI=1S/C15H32N2O/c1-5-16-12-15(18)9-6-14(7-10-15)17(4)11-8-13(2)3/h13-14,16,18H,5-12H2,1-4H3. The van der Waals surface area contributed by atoms with Gasteiger partial charge in [0, 0.05) is 12.6 Å². The van der Waals surface area contributed by atoms with Gasteiger partial charge in [-0.2, -0.15) is 0 Å². The summed E-state index contributed by atoms with van der Waals surface area (Å²) in [6.45, 7) is 9.54. The zero-order valence-electron chi connectivity index (χ0n) is 12.7. The lowest BCUT2D eigenvalue weighted by Crippen LogP contribution is -2.47. The molecule has 1 aliphatic carbocycles.